The molecule has 0 unspecified atom stereocenters. The number of nitrogen functional groups attached to an aromatic ring is 1. The summed E-state index contributed by atoms with van der Waals surface area (Å²) in [6.45, 7) is 1.67. The number of nitrogens with zero attached hydrogens (tertiary/aromatic N) is 3. The standard InChI is InChI=1S/C11H11FN4O/c1-6-5-7(3-4-8(6)12)9-14-10(13)16-11(15-9)17-2/h3-5H,1-2H3,(H2,13,14,15,16). The van der Waals surface area contributed by atoms with Gasteiger partial charge in [0.15, 0.2) is 5.82 Å². The van der Waals surface area contributed by atoms with Gasteiger partial charge in [-0.15, -0.1) is 0 Å². The summed E-state index contributed by atoms with van der Waals surface area (Å²) in [5.41, 5.74) is 6.70. The molecule has 0 aliphatic carbocycles. The number of benzene rings is 1. The Morgan fingerprint density at radius 2 is 2.00 bits per heavy atom. The van der Waals surface area contributed by atoms with Crippen molar-refractivity contribution >= 4 is 5.95 Å². The first-order chi connectivity index (χ1) is 8.10. The molecule has 2 N–H and O–H groups in total. The van der Waals surface area contributed by atoms with E-state index in [1.807, 2.05) is 0 Å². The van der Waals surface area contributed by atoms with Crippen LogP contribution in [0.3, 0.4) is 0 Å². The fourth-order valence-electron chi connectivity index (χ4n) is 1.38. The van der Waals surface area contributed by atoms with E-state index in [1.165, 1.54) is 13.2 Å². The highest BCUT2D eigenvalue weighted by Crippen LogP contribution is 2.20. The van der Waals surface area contributed by atoms with Crippen LogP contribution in [-0.4, -0.2) is 22.1 Å². The van der Waals surface area contributed by atoms with Gasteiger partial charge in [-0.25, -0.2) is 4.39 Å². The van der Waals surface area contributed by atoms with Crippen LogP contribution in [0.2, 0.25) is 0 Å². The molecule has 6 heteroatoms. The highest BCUT2D eigenvalue weighted by atomic mass is 19.1. The third-order valence-corrected chi connectivity index (χ3v) is 2.23. The second kappa shape index (κ2) is 4.32. The van der Waals surface area contributed by atoms with Gasteiger partial charge in [0.1, 0.15) is 5.82 Å². The van der Waals surface area contributed by atoms with E-state index in [-0.39, 0.29) is 17.8 Å². The van der Waals surface area contributed by atoms with Gasteiger partial charge < -0.3 is 10.5 Å². The average Bonchev–Trinajstić information content (AvgIpc) is 2.32. The first-order valence-corrected chi connectivity index (χ1v) is 4.92. The van der Waals surface area contributed by atoms with Crippen molar-refractivity contribution < 1.29 is 9.13 Å². The molecule has 1 aromatic heterocycles. The Bertz CT molecular complexity index is 559. The van der Waals surface area contributed by atoms with E-state index in [1.54, 1.807) is 19.1 Å². The van der Waals surface area contributed by atoms with Gasteiger partial charge >= 0.3 is 6.01 Å². The Hall–Kier alpha value is -2.24. The summed E-state index contributed by atoms with van der Waals surface area (Å²) in [6.07, 6.45) is 0. The monoisotopic (exact) mass is 234 g/mol. The van der Waals surface area contributed by atoms with Gasteiger partial charge in [-0.05, 0) is 30.7 Å². The predicted molar refractivity (Wildman–Crippen MR) is 60.9 cm³/mol. The topological polar surface area (TPSA) is 73.9 Å². The van der Waals surface area contributed by atoms with Gasteiger partial charge in [-0.3, -0.25) is 0 Å². The molecule has 88 valence electrons. The molecule has 0 aliphatic rings. The number of nitrogens with two attached hydrogens (primary N) is 1. The molecule has 0 radical (unpaired) electrons. The molecule has 0 atom stereocenters. The summed E-state index contributed by atoms with van der Waals surface area (Å²) in [5.74, 6) is 0.147. The second-order valence-electron chi connectivity index (χ2n) is 3.47. The molecular weight excluding hydrogens is 223 g/mol. The second-order valence-corrected chi connectivity index (χ2v) is 3.47. The number of hydrogen-bond acceptors (Lipinski definition) is 5. The van der Waals surface area contributed by atoms with Crippen LogP contribution in [0.5, 0.6) is 6.01 Å². The lowest BCUT2D eigenvalue weighted by molar-refractivity contribution is 0.379. The van der Waals surface area contributed by atoms with E-state index in [0.29, 0.717) is 17.0 Å². The molecule has 0 fully saturated rings. The van der Waals surface area contributed by atoms with E-state index in [9.17, 15) is 4.39 Å². The highest BCUT2D eigenvalue weighted by molar-refractivity contribution is 5.57. The van der Waals surface area contributed by atoms with Gasteiger partial charge in [0.25, 0.3) is 0 Å². The summed E-state index contributed by atoms with van der Waals surface area (Å²) >= 11 is 0. The Kier molecular flexibility index (Phi) is 2.86. The zero-order chi connectivity index (χ0) is 12.4. The van der Waals surface area contributed by atoms with Crippen LogP contribution in [-0.2, 0) is 0 Å². The van der Waals surface area contributed by atoms with Gasteiger partial charge in [-0.1, -0.05) is 0 Å². The summed E-state index contributed by atoms with van der Waals surface area (Å²) in [5, 5.41) is 0. The number of ether oxygens (including phenoxy) is 1. The van der Waals surface area contributed by atoms with E-state index in [4.69, 9.17) is 10.5 Å². The fourth-order valence-corrected chi connectivity index (χ4v) is 1.38. The van der Waals surface area contributed by atoms with Gasteiger partial charge in [0, 0.05) is 5.56 Å². The summed E-state index contributed by atoms with van der Waals surface area (Å²) in [6, 6.07) is 4.71. The summed E-state index contributed by atoms with van der Waals surface area (Å²) < 4.78 is 18.0. The Labute approximate surface area is 97.5 Å². The summed E-state index contributed by atoms with van der Waals surface area (Å²) in [4.78, 5) is 11.8. The van der Waals surface area contributed by atoms with Crippen LogP contribution in [0.25, 0.3) is 11.4 Å². The lowest BCUT2D eigenvalue weighted by atomic mass is 10.1. The first kappa shape index (κ1) is 11.3. The molecule has 0 bridgehead atoms. The lowest BCUT2D eigenvalue weighted by Crippen LogP contribution is -2.02. The number of anilines is 1. The van der Waals surface area contributed by atoms with Crippen molar-refractivity contribution in [3.8, 4) is 17.4 Å². The minimum atomic E-state index is -0.275. The zero-order valence-electron chi connectivity index (χ0n) is 9.44. The van der Waals surface area contributed by atoms with E-state index < -0.39 is 0 Å². The molecule has 1 aromatic carbocycles. The quantitative estimate of drug-likeness (QED) is 0.853. The SMILES string of the molecule is COc1nc(N)nc(-c2ccc(F)c(C)c2)n1. The van der Waals surface area contributed by atoms with Gasteiger partial charge in [-0.2, -0.15) is 15.0 Å². The maximum Gasteiger partial charge on any atom is 0.321 e. The molecular formula is C11H11FN4O. The van der Waals surface area contributed by atoms with E-state index >= 15 is 0 Å². The smallest absolute Gasteiger partial charge is 0.321 e. The summed E-state index contributed by atoms with van der Waals surface area (Å²) in [7, 11) is 1.44. The van der Waals surface area contributed by atoms with Gasteiger partial charge in [0.2, 0.25) is 5.95 Å². The van der Waals surface area contributed by atoms with E-state index in [2.05, 4.69) is 15.0 Å². The lowest BCUT2D eigenvalue weighted by Gasteiger charge is -2.04. The van der Waals surface area contributed by atoms with Crippen molar-refractivity contribution in [3.05, 3.63) is 29.6 Å². The largest absolute Gasteiger partial charge is 0.467 e. The molecule has 17 heavy (non-hydrogen) atoms. The number of methoxy groups -OCH3 is 1. The molecule has 0 saturated carbocycles. The minimum Gasteiger partial charge on any atom is -0.467 e. The van der Waals surface area contributed by atoms with Crippen LogP contribution in [0, 0.1) is 12.7 Å². The number of aryl methyl sites for hydroxylation is 1. The molecule has 5 nitrogen and oxygen atoms in total. The van der Waals surface area contributed by atoms with Crippen molar-refractivity contribution in [2.24, 2.45) is 0 Å². The van der Waals surface area contributed by atoms with Crippen molar-refractivity contribution in [1.29, 1.82) is 0 Å². The number of halogens is 1. The number of aromatic nitrogens is 3. The van der Waals surface area contributed by atoms with Crippen molar-refractivity contribution in [2.45, 2.75) is 6.92 Å². The van der Waals surface area contributed by atoms with Crippen molar-refractivity contribution in [1.82, 2.24) is 15.0 Å². The van der Waals surface area contributed by atoms with Crippen LogP contribution in [0.15, 0.2) is 18.2 Å². The van der Waals surface area contributed by atoms with Crippen LogP contribution >= 0.6 is 0 Å². The molecule has 0 amide bonds. The normalized spacial score (nSPS) is 10.3. The molecule has 2 aromatic rings. The van der Waals surface area contributed by atoms with Crippen LogP contribution < -0.4 is 10.5 Å². The van der Waals surface area contributed by atoms with Crippen LogP contribution in [0.4, 0.5) is 10.3 Å². The Morgan fingerprint density at radius 1 is 1.24 bits per heavy atom. The Balaban J connectivity index is 2.52. The van der Waals surface area contributed by atoms with Gasteiger partial charge in [0.05, 0.1) is 7.11 Å². The predicted octanol–water partition coefficient (Wildman–Crippen LogP) is 1.58. The minimum absolute atomic E-state index is 0.0637. The number of hydrogen-bond donors (Lipinski definition) is 1. The molecule has 0 spiro atoms. The molecule has 2 rings (SSSR count). The number of rotatable bonds is 2. The fraction of sp³-hybridized carbons (Fsp3) is 0.182. The van der Waals surface area contributed by atoms with Crippen molar-refractivity contribution in [2.75, 3.05) is 12.8 Å². The highest BCUT2D eigenvalue weighted by Gasteiger charge is 2.08. The first-order valence-electron chi connectivity index (χ1n) is 4.92. The molecule has 0 aliphatic heterocycles. The molecule has 0 saturated heterocycles. The maximum atomic E-state index is 13.1. The van der Waals surface area contributed by atoms with Crippen molar-refractivity contribution in [3.63, 3.8) is 0 Å². The Morgan fingerprint density at radius 3 is 2.65 bits per heavy atom. The van der Waals surface area contributed by atoms with Crippen LogP contribution in [0.1, 0.15) is 5.56 Å². The molecule has 1 heterocycles. The average molecular weight is 234 g/mol. The van der Waals surface area contributed by atoms with E-state index in [0.717, 1.165) is 0 Å². The maximum absolute atomic E-state index is 13.1. The third-order valence-electron chi connectivity index (χ3n) is 2.23. The third kappa shape index (κ3) is 2.30. The zero-order valence-corrected chi connectivity index (χ0v) is 9.44.